The van der Waals surface area contributed by atoms with Crippen molar-refractivity contribution in [3.8, 4) is 11.5 Å². The third kappa shape index (κ3) is 5.94. The van der Waals surface area contributed by atoms with Crippen LogP contribution in [-0.2, 0) is 30.7 Å². The summed E-state index contributed by atoms with van der Waals surface area (Å²) in [5.41, 5.74) is 2.14. The van der Waals surface area contributed by atoms with Crippen molar-refractivity contribution in [1.82, 2.24) is 25.0 Å². The first-order valence-corrected chi connectivity index (χ1v) is 12.2. The number of aryl methyl sites for hydroxylation is 1. The van der Waals surface area contributed by atoms with Crippen LogP contribution in [0.2, 0.25) is 5.02 Å². The topological polar surface area (TPSA) is 81.5 Å². The fourth-order valence-corrected chi connectivity index (χ4v) is 4.73. The van der Waals surface area contributed by atoms with Gasteiger partial charge in [-0.3, -0.25) is 9.69 Å². The Bertz CT molecular complexity index is 1150. The molecule has 1 N–H and O–H groups in total. The van der Waals surface area contributed by atoms with Crippen LogP contribution in [0.1, 0.15) is 42.2 Å². The molecule has 1 unspecified atom stereocenters. The smallest absolute Gasteiger partial charge is 0.220 e. The Hall–Kier alpha value is -3.10. The van der Waals surface area contributed by atoms with E-state index in [9.17, 15) is 4.79 Å². The number of hydrogen-bond donors (Lipinski definition) is 1. The Morgan fingerprint density at radius 1 is 1.09 bits per heavy atom. The van der Waals surface area contributed by atoms with Crippen molar-refractivity contribution < 1.29 is 14.3 Å². The molecule has 9 heteroatoms. The van der Waals surface area contributed by atoms with Crippen molar-refractivity contribution in [1.29, 1.82) is 0 Å². The summed E-state index contributed by atoms with van der Waals surface area (Å²) in [5.74, 6) is 2.91. The second-order valence-electron chi connectivity index (χ2n) is 8.70. The number of carbonyl (C=O) groups excluding carboxylic acids is 1. The molecule has 2 aromatic carbocycles. The third-order valence-electron chi connectivity index (χ3n) is 6.35. The second-order valence-corrected chi connectivity index (χ2v) is 9.08. The summed E-state index contributed by atoms with van der Waals surface area (Å²) < 4.78 is 12.9. The van der Waals surface area contributed by atoms with E-state index in [0.29, 0.717) is 35.9 Å². The third-order valence-corrected chi connectivity index (χ3v) is 6.77. The van der Waals surface area contributed by atoms with Gasteiger partial charge in [0.25, 0.3) is 0 Å². The first-order chi connectivity index (χ1) is 17.0. The zero-order chi connectivity index (χ0) is 24.8. The van der Waals surface area contributed by atoms with Gasteiger partial charge >= 0.3 is 0 Å². The lowest BCUT2D eigenvalue weighted by atomic mass is 10.1. The van der Waals surface area contributed by atoms with E-state index >= 15 is 0 Å². The van der Waals surface area contributed by atoms with E-state index < -0.39 is 0 Å². The normalized spacial score (nSPS) is 14.6. The maximum absolute atomic E-state index is 12.5. The standard InChI is InChI=1S/C26H32ClN5O3/c1-18(28-23(33)12-9-19-7-5-4-6-8-19)26-30-29-22-13-14-31(15-16-32(22)26)17-20-10-11-21(34-2)25(35-3)24(20)27/h4-8,10-11,18H,9,12-17H2,1-3H3,(H,28,33). The molecule has 1 aromatic heterocycles. The molecule has 1 amide bonds. The molecule has 0 bridgehead atoms. The van der Waals surface area contributed by atoms with Crippen molar-refractivity contribution in [2.24, 2.45) is 0 Å². The minimum Gasteiger partial charge on any atom is -0.493 e. The highest BCUT2D eigenvalue weighted by Gasteiger charge is 2.24. The average molecular weight is 498 g/mol. The summed E-state index contributed by atoms with van der Waals surface area (Å²) in [7, 11) is 3.19. The van der Waals surface area contributed by atoms with Crippen LogP contribution in [0.3, 0.4) is 0 Å². The van der Waals surface area contributed by atoms with Gasteiger partial charge in [0.05, 0.1) is 25.3 Å². The molecule has 186 valence electrons. The van der Waals surface area contributed by atoms with E-state index in [1.165, 1.54) is 0 Å². The summed E-state index contributed by atoms with van der Waals surface area (Å²) in [6.07, 6.45) is 1.92. The van der Waals surface area contributed by atoms with Gasteiger partial charge in [-0.25, -0.2) is 0 Å². The van der Waals surface area contributed by atoms with Gasteiger partial charge in [-0.2, -0.15) is 0 Å². The quantitative estimate of drug-likeness (QED) is 0.484. The molecule has 35 heavy (non-hydrogen) atoms. The molecule has 0 radical (unpaired) electrons. The molecule has 0 saturated heterocycles. The van der Waals surface area contributed by atoms with E-state index in [1.807, 2.05) is 49.4 Å². The van der Waals surface area contributed by atoms with Gasteiger partial charge in [-0.15, -0.1) is 10.2 Å². The van der Waals surface area contributed by atoms with Gasteiger partial charge in [0, 0.05) is 39.0 Å². The molecule has 1 aliphatic rings. The average Bonchev–Trinajstić information content (AvgIpc) is 3.18. The number of hydrogen-bond acceptors (Lipinski definition) is 6. The number of amides is 1. The zero-order valence-corrected chi connectivity index (χ0v) is 21.2. The number of carbonyl (C=O) groups is 1. The number of nitrogens with one attached hydrogen (secondary N) is 1. The number of fused-ring (bicyclic) bond motifs is 1. The second kappa shape index (κ2) is 11.6. The Labute approximate surface area is 211 Å². The van der Waals surface area contributed by atoms with Crippen LogP contribution >= 0.6 is 11.6 Å². The van der Waals surface area contributed by atoms with Crippen molar-refractivity contribution in [2.45, 2.75) is 45.3 Å². The molecule has 0 saturated carbocycles. The van der Waals surface area contributed by atoms with Crippen LogP contribution in [0.4, 0.5) is 0 Å². The molecule has 0 spiro atoms. The van der Waals surface area contributed by atoms with Gasteiger partial charge in [-0.05, 0) is 30.5 Å². The molecule has 4 rings (SSSR count). The summed E-state index contributed by atoms with van der Waals surface area (Å²) in [6.45, 7) is 5.05. The lowest BCUT2D eigenvalue weighted by Gasteiger charge is -2.22. The predicted octanol–water partition coefficient (Wildman–Crippen LogP) is 3.82. The summed E-state index contributed by atoms with van der Waals surface area (Å²) in [4.78, 5) is 14.9. The fraction of sp³-hybridized carbons (Fsp3) is 0.423. The van der Waals surface area contributed by atoms with Crippen LogP contribution in [0.5, 0.6) is 11.5 Å². The zero-order valence-electron chi connectivity index (χ0n) is 20.5. The number of benzene rings is 2. The number of aromatic nitrogens is 3. The molecule has 0 fully saturated rings. The molecule has 1 atom stereocenters. The lowest BCUT2D eigenvalue weighted by molar-refractivity contribution is -0.121. The first-order valence-electron chi connectivity index (χ1n) is 11.9. The van der Waals surface area contributed by atoms with E-state index in [-0.39, 0.29) is 11.9 Å². The SMILES string of the molecule is COc1ccc(CN2CCc3nnc(C(C)NC(=O)CCc4ccccc4)n3CC2)c(Cl)c1OC. The van der Waals surface area contributed by atoms with Crippen molar-refractivity contribution in [3.63, 3.8) is 0 Å². The highest BCUT2D eigenvalue weighted by molar-refractivity contribution is 6.33. The summed E-state index contributed by atoms with van der Waals surface area (Å²) >= 11 is 6.60. The Morgan fingerprint density at radius 3 is 2.63 bits per heavy atom. The summed E-state index contributed by atoms with van der Waals surface area (Å²) in [6, 6.07) is 13.7. The van der Waals surface area contributed by atoms with E-state index in [2.05, 4.69) is 25.0 Å². The summed E-state index contributed by atoms with van der Waals surface area (Å²) in [5, 5.41) is 12.5. The number of halogens is 1. The van der Waals surface area contributed by atoms with Crippen molar-refractivity contribution in [3.05, 3.63) is 70.3 Å². The van der Waals surface area contributed by atoms with E-state index in [1.54, 1.807) is 14.2 Å². The number of rotatable bonds is 9. The highest BCUT2D eigenvalue weighted by atomic mass is 35.5. The number of nitrogens with zero attached hydrogens (tertiary/aromatic N) is 4. The maximum atomic E-state index is 12.5. The molecule has 0 aliphatic carbocycles. The minimum atomic E-state index is -0.216. The van der Waals surface area contributed by atoms with Crippen LogP contribution < -0.4 is 14.8 Å². The number of ether oxygens (including phenoxy) is 2. The molecule has 8 nitrogen and oxygen atoms in total. The Morgan fingerprint density at radius 2 is 1.89 bits per heavy atom. The van der Waals surface area contributed by atoms with Crippen molar-refractivity contribution >= 4 is 17.5 Å². The molecule has 1 aliphatic heterocycles. The van der Waals surface area contributed by atoms with Crippen LogP contribution in [0.15, 0.2) is 42.5 Å². The fourth-order valence-electron chi connectivity index (χ4n) is 4.44. The van der Waals surface area contributed by atoms with Gasteiger partial charge in [0.2, 0.25) is 5.91 Å². The maximum Gasteiger partial charge on any atom is 0.220 e. The molecule has 2 heterocycles. The van der Waals surface area contributed by atoms with Crippen LogP contribution in [-0.4, -0.2) is 52.9 Å². The monoisotopic (exact) mass is 497 g/mol. The number of methoxy groups -OCH3 is 2. The van der Waals surface area contributed by atoms with Gasteiger partial charge in [0.1, 0.15) is 5.82 Å². The van der Waals surface area contributed by atoms with Gasteiger partial charge < -0.3 is 19.4 Å². The first kappa shape index (κ1) is 25.0. The van der Waals surface area contributed by atoms with E-state index in [0.717, 1.165) is 48.8 Å². The molecular weight excluding hydrogens is 466 g/mol. The van der Waals surface area contributed by atoms with Crippen molar-refractivity contribution in [2.75, 3.05) is 27.3 Å². The molecular formula is C26H32ClN5O3. The predicted molar refractivity (Wildman–Crippen MR) is 135 cm³/mol. The Kier molecular flexibility index (Phi) is 8.25. The minimum absolute atomic E-state index is 0.0112. The van der Waals surface area contributed by atoms with Crippen LogP contribution in [0.25, 0.3) is 0 Å². The van der Waals surface area contributed by atoms with Crippen LogP contribution in [0, 0.1) is 0 Å². The largest absolute Gasteiger partial charge is 0.493 e. The highest BCUT2D eigenvalue weighted by Crippen LogP contribution is 2.37. The van der Waals surface area contributed by atoms with E-state index in [4.69, 9.17) is 21.1 Å². The molecule has 3 aromatic rings. The van der Waals surface area contributed by atoms with Gasteiger partial charge in [0.15, 0.2) is 17.3 Å². The lowest BCUT2D eigenvalue weighted by Crippen LogP contribution is -2.30. The Balaban J connectivity index is 1.36. The van der Waals surface area contributed by atoms with Gasteiger partial charge in [-0.1, -0.05) is 48.0 Å².